The van der Waals surface area contributed by atoms with E-state index in [1.165, 1.54) is 32.4 Å². The van der Waals surface area contributed by atoms with Crippen molar-refractivity contribution in [2.45, 2.75) is 0 Å². The molecule has 2 N–H and O–H groups in total. The Morgan fingerprint density at radius 3 is 2.24 bits per heavy atom. The van der Waals surface area contributed by atoms with Crippen LogP contribution in [0.2, 0.25) is 10.0 Å². The molecule has 0 unspecified atom stereocenters. The van der Waals surface area contributed by atoms with E-state index in [2.05, 4.69) is 26.6 Å². The van der Waals surface area contributed by atoms with Gasteiger partial charge >= 0.3 is 6.03 Å². The third-order valence-electron chi connectivity index (χ3n) is 3.07. The van der Waals surface area contributed by atoms with Gasteiger partial charge in [-0.2, -0.15) is 0 Å². The summed E-state index contributed by atoms with van der Waals surface area (Å²) >= 11 is 15.0. The van der Waals surface area contributed by atoms with Crippen LogP contribution in [0.4, 0.5) is 10.5 Å². The molecule has 0 atom stereocenters. The average molecular weight is 448 g/mol. The third-order valence-corrected chi connectivity index (χ3v) is 4.13. The zero-order valence-corrected chi connectivity index (χ0v) is 16.3. The summed E-state index contributed by atoms with van der Waals surface area (Å²) in [5.41, 5.74) is 0.426. The largest absolute Gasteiger partial charge is 0.496 e. The van der Waals surface area contributed by atoms with Crippen LogP contribution in [-0.2, 0) is 0 Å². The van der Waals surface area contributed by atoms with Crippen molar-refractivity contribution < 1.29 is 19.1 Å². The Morgan fingerprint density at radius 1 is 1.04 bits per heavy atom. The summed E-state index contributed by atoms with van der Waals surface area (Å²) in [6, 6.07) is 7.01. The molecule has 6 nitrogen and oxygen atoms in total. The molecule has 0 fully saturated rings. The molecule has 0 radical (unpaired) electrons. The fourth-order valence-corrected chi connectivity index (χ4v) is 3.10. The standard InChI is InChI=1S/C16H13BrCl2N2O4/c1-24-12-4-3-11(17)14(25-2)13(12)15(22)21-16(23)20-10-6-8(18)5-9(19)7-10/h3-7H,1-2H3,(H2,20,21,22,23). The number of ether oxygens (including phenoxy) is 2. The van der Waals surface area contributed by atoms with Gasteiger partial charge in [0.15, 0.2) is 0 Å². The maximum absolute atomic E-state index is 12.5. The Morgan fingerprint density at radius 2 is 1.68 bits per heavy atom. The van der Waals surface area contributed by atoms with Gasteiger partial charge in [0, 0.05) is 15.7 Å². The number of carbonyl (C=O) groups excluding carboxylic acids is 2. The van der Waals surface area contributed by atoms with Gasteiger partial charge in [0.2, 0.25) is 0 Å². The summed E-state index contributed by atoms with van der Waals surface area (Å²) < 4.78 is 10.9. The molecule has 0 bridgehead atoms. The minimum atomic E-state index is -0.757. The summed E-state index contributed by atoms with van der Waals surface area (Å²) in [5.74, 6) is -0.188. The van der Waals surface area contributed by atoms with Crippen LogP contribution in [0.5, 0.6) is 11.5 Å². The molecule has 2 rings (SSSR count). The van der Waals surface area contributed by atoms with Gasteiger partial charge < -0.3 is 14.8 Å². The highest BCUT2D eigenvalue weighted by molar-refractivity contribution is 9.10. The Kier molecular flexibility index (Phi) is 6.52. The summed E-state index contributed by atoms with van der Waals surface area (Å²) in [7, 11) is 2.82. The molecular weight excluding hydrogens is 435 g/mol. The number of hydrogen-bond donors (Lipinski definition) is 2. The Hall–Kier alpha value is -1.96. The van der Waals surface area contributed by atoms with E-state index in [4.69, 9.17) is 32.7 Å². The number of carbonyl (C=O) groups is 2. The first-order valence-electron chi connectivity index (χ1n) is 6.84. The average Bonchev–Trinajstić information content (AvgIpc) is 2.53. The minimum Gasteiger partial charge on any atom is -0.496 e. The molecule has 0 aliphatic rings. The SMILES string of the molecule is COc1ccc(Br)c(OC)c1C(=O)NC(=O)Nc1cc(Cl)cc(Cl)c1. The van der Waals surface area contributed by atoms with Crippen LogP contribution >= 0.6 is 39.1 Å². The highest BCUT2D eigenvalue weighted by Crippen LogP contribution is 2.35. The fraction of sp³-hybridized carbons (Fsp3) is 0.125. The Balaban J connectivity index is 2.22. The molecule has 0 aliphatic carbocycles. The number of methoxy groups -OCH3 is 2. The maximum Gasteiger partial charge on any atom is 0.326 e. The van der Waals surface area contributed by atoms with Crippen LogP contribution in [0.3, 0.4) is 0 Å². The lowest BCUT2D eigenvalue weighted by atomic mass is 10.1. The lowest BCUT2D eigenvalue weighted by Gasteiger charge is -2.14. The van der Waals surface area contributed by atoms with Crippen molar-refractivity contribution in [1.82, 2.24) is 5.32 Å². The van der Waals surface area contributed by atoms with Gasteiger partial charge in [-0.25, -0.2) is 4.79 Å². The second kappa shape index (κ2) is 8.42. The first-order valence-corrected chi connectivity index (χ1v) is 8.39. The van der Waals surface area contributed by atoms with Crippen LogP contribution in [0, 0.1) is 0 Å². The number of rotatable bonds is 4. The molecule has 3 amide bonds. The number of nitrogens with one attached hydrogen (secondary N) is 2. The fourth-order valence-electron chi connectivity index (χ4n) is 2.08. The van der Waals surface area contributed by atoms with Gasteiger partial charge in [0.05, 0.1) is 18.7 Å². The van der Waals surface area contributed by atoms with E-state index in [-0.39, 0.29) is 17.1 Å². The zero-order valence-electron chi connectivity index (χ0n) is 13.2. The van der Waals surface area contributed by atoms with E-state index in [0.29, 0.717) is 20.2 Å². The highest BCUT2D eigenvalue weighted by atomic mass is 79.9. The monoisotopic (exact) mass is 446 g/mol. The van der Waals surface area contributed by atoms with Crippen molar-refractivity contribution in [3.05, 3.63) is 50.4 Å². The predicted octanol–water partition coefficient (Wildman–Crippen LogP) is 4.74. The Labute approximate surface area is 162 Å². The smallest absolute Gasteiger partial charge is 0.326 e. The number of halogens is 3. The molecule has 0 saturated carbocycles. The number of anilines is 1. The van der Waals surface area contributed by atoms with Crippen molar-refractivity contribution >= 4 is 56.8 Å². The van der Waals surface area contributed by atoms with Crippen LogP contribution in [-0.4, -0.2) is 26.2 Å². The van der Waals surface area contributed by atoms with E-state index in [1.807, 2.05) is 0 Å². The first kappa shape index (κ1) is 19.4. The molecule has 25 heavy (non-hydrogen) atoms. The van der Waals surface area contributed by atoms with Gasteiger partial charge in [-0.1, -0.05) is 23.2 Å². The highest BCUT2D eigenvalue weighted by Gasteiger charge is 2.22. The molecule has 0 heterocycles. The number of amides is 3. The van der Waals surface area contributed by atoms with E-state index in [1.54, 1.807) is 12.1 Å². The molecular formula is C16H13BrCl2N2O4. The molecule has 0 aromatic heterocycles. The number of benzene rings is 2. The van der Waals surface area contributed by atoms with E-state index < -0.39 is 11.9 Å². The van der Waals surface area contributed by atoms with Crippen molar-refractivity contribution in [1.29, 1.82) is 0 Å². The summed E-state index contributed by atoms with van der Waals surface area (Å²) in [6.45, 7) is 0. The molecule has 2 aromatic rings. The second-order valence-corrected chi connectivity index (χ2v) is 6.45. The van der Waals surface area contributed by atoms with E-state index in [0.717, 1.165) is 0 Å². The van der Waals surface area contributed by atoms with E-state index >= 15 is 0 Å². The normalized spacial score (nSPS) is 10.1. The number of urea groups is 1. The van der Waals surface area contributed by atoms with Crippen molar-refractivity contribution in [3.8, 4) is 11.5 Å². The second-order valence-electron chi connectivity index (χ2n) is 4.72. The minimum absolute atomic E-state index is 0.0821. The van der Waals surface area contributed by atoms with Crippen LogP contribution in [0.1, 0.15) is 10.4 Å². The lowest BCUT2D eigenvalue weighted by Crippen LogP contribution is -2.34. The topological polar surface area (TPSA) is 76.7 Å². The van der Waals surface area contributed by atoms with Crippen molar-refractivity contribution in [3.63, 3.8) is 0 Å². The third kappa shape index (κ3) is 4.78. The first-order chi connectivity index (χ1) is 11.8. The van der Waals surface area contributed by atoms with Crippen LogP contribution in [0.15, 0.2) is 34.8 Å². The van der Waals surface area contributed by atoms with Crippen molar-refractivity contribution in [2.75, 3.05) is 19.5 Å². The summed E-state index contributed by atoms with van der Waals surface area (Å²) in [5, 5.41) is 5.39. The lowest BCUT2D eigenvalue weighted by molar-refractivity contribution is 0.0961. The molecule has 0 saturated heterocycles. The summed E-state index contributed by atoms with van der Waals surface area (Å²) in [4.78, 5) is 24.6. The number of imide groups is 1. The molecule has 132 valence electrons. The van der Waals surface area contributed by atoms with Gasteiger partial charge in [-0.3, -0.25) is 10.1 Å². The molecule has 0 spiro atoms. The summed E-state index contributed by atoms with van der Waals surface area (Å²) in [6.07, 6.45) is 0. The molecule has 9 heteroatoms. The van der Waals surface area contributed by atoms with Gasteiger partial charge in [0.1, 0.15) is 17.1 Å². The Bertz CT molecular complexity index is 810. The van der Waals surface area contributed by atoms with Gasteiger partial charge in [0.25, 0.3) is 5.91 Å². The van der Waals surface area contributed by atoms with Gasteiger partial charge in [-0.15, -0.1) is 0 Å². The predicted molar refractivity (Wildman–Crippen MR) is 100 cm³/mol. The molecule has 0 aliphatic heterocycles. The number of hydrogen-bond acceptors (Lipinski definition) is 4. The van der Waals surface area contributed by atoms with Crippen LogP contribution < -0.4 is 20.1 Å². The van der Waals surface area contributed by atoms with Crippen LogP contribution in [0.25, 0.3) is 0 Å². The van der Waals surface area contributed by atoms with Crippen molar-refractivity contribution in [2.24, 2.45) is 0 Å². The zero-order chi connectivity index (χ0) is 18.6. The van der Waals surface area contributed by atoms with E-state index in [9.17, 15) is 9.59 Å². The maximum atomic E-state index is 12.5. The van der Waals surface area contributed by atoms with Gasteiger partial charge in [-0.05, 0) is 46.3 Å². The molecule has 2 aromatic carbocycles. The quantitative estimate of drug-likeness (QED) is 0.709.